The van der Waals surface area contributed by atoms with E-state index in [2.05, 4.69) is 52.2 Å². The SMILES string of the molecule is C/C(=C\C1CCN(c2ccc(C(=O)NS(=O)(=O)c3ccc(N[C@H](CCN(C)C)CSc4ccccc4)c([N+](=O)[O-])c3)cc2)CC1)CCc1ccccc1. The molecule has 0 radical (unpaired) electrons. The summed E-state index contributed by atoms with van der Waals surface area (Å²) in [6, 6.07) is 30.8. The van der Waals surface area contributed by atoms with E-state index in [-0.39, 0.29) is 27.9 Å². The molecule has 1 saturated heterocycles. The maximum atomic E-state index is 13.3. The molecule has 0 aliphatic carbocycles. The monoisotopic (exact) mass is 755 g/mol. The highest BCUT2D eigenvalue weighted by molar-refractivity contribution is 7.99. The molecule has 1 fully saturated rings. The molecule has 10 nitrogen and oxygen atoms in total. The van der Waals surface area contributed by atoms with Gasteiger partial charge in [0, 0.05) is 47.1 Å². The van der Waals surface area contributed by atoms with Gasteiger partial charge in [-0.05, 0) is 120 Å². The number of hydrogen-bond donors (Lipinski definition) is 2. The molecule has 0 bridgehead atoms. The lowest BCUT2D eigenvalue weighted by atomic mass is 9.93. The standard InChI is InChI=1S/C41H49N5O5S2/c1-31(14-15-32-10-6-4-7-11-32)28-33-22-26-45(27-23-33)36-18-16-34(17-19-36)41(47)43-53(50,51)38-20-21-39(40(29-38)46(48)49)42-35(24-25-44(2)3)30-52-37-12-8-5-9-13-37/h4-13,16-21,28-29,33,35,42H,14-15,22-27,30H2,1-3H3,(H,43,47)/b31-28+/t35-/m1/s1. The highest BCUT2D eigenvalue weighted by atomic mass is 32.2. The number of carbonyl (C=O) groups excluding carboxylic acids is 1. The Balaban J connectivity index is 1.17. The van der Waals surface area contributed by atoms with E-state index in [0.29, 0.717) is 18.1 Å². The van der Waals surface area contributed by atoms with Crippen molar-refractivity contribution >= 4 is 44.8 Å². The fourth-order valence-electron chi connectivity index (χ4n) is 6.36. The van der Waals surface area contributed by atoms with Gasteiger partial charge in [0.15, 0.2) is 0 Å². The summed E-state index contributed by atoms with van der Waals surface area (Å²) < 4.78 is 28.7. The van der Waals surface area contributed by atoms with Crippen LogP contribution in [0.5, 0.6) is 0 Å². The number of sulfonamides is 1. The quantitative estimate of drug-likeness (QED) is 0.0477. The summed E-state index contributed by atoms with van der Waals surface area (Å²) >= 11 is 1.64. The van der Waals surface area contributed by atoms with Crippen LogP contribution in [0.1, 0.15) is 48.5 Å². The number of nitrogens with one attached hydrogen (secondary N) is 2. The summed E-state index contributed by atoms with van der Waals surface area (Å²) in [7, 11) is -0.477. The van der Waals surface area contributed by atoms with Crippen LogP contribution in [0, 0.1) is 16.0 Å². The van der Waals surface area contributed by atoms with E-state index in [9.17, 15) is 23.3 Å². The predicted molar refractivity (Wildman–Crippen MR) is 215 cm³/mol. The summed E-state index contributed by atoms with van der Waals surface area (Å²) in [5.74, 6) is 0.369. The molecule has 12 heteroatoms. The molecule has 0 spiro atoms. The average Bonchev–Trinajstić information content (AvgIpc) is 3.16. The Morgan fingerprint density at radius 2 is 1.64 bits per heavy atom. The van der Waals surface area contributed by atoms with Crippen molar-refractivity contribution in [2.45, 2.75) is 54.9 Å². The molecule has 1 heterocycles. The van der Waals surface area contributed by atoms with Gasteiger partial charge in [0.1, 0.15) is 5.69 Å². The first-order valence-corrected chi connectivity index (χ1v) is 20.4. The number of aryl methyl sites for hydroxylation is 1. The second-order valence-corrected chi connectivity index (χ2v) is 16.6. The highest BCUT2D eigenvalue weighted by Crippen LogP contribution is 2.31. The number of nitro groups is 1. The van der Waals surface area contributed by atoms with Crippen molar-refractivity contribution in [2.24, 2.45) is 5.92 Å². The molecule has 5 rings (SSSR count). The maximum absolute atomic E-state index is 13.3. The molecule has 0 saturated carbocycles. The van der Waals surface area contributed by atoms with E-state index in [1.165, 1.54) is 23.3 Å². The zero-order valence-corrected chi connectivity index (χ0v) is 32.2. The van der Waals surface area contributed by atoms with Gasteiger partial charge in [0.05, 0.1) is 9.82 Å². The minimum Gasteiger partial charge on any atom is -0.376 e. The van der Waals surface area contributed by atoms with Crippen molar-refractivity contribution in [1.29, 1.82) is 0 Å². The normalized spacial score (nSPS) is 14.6. The van der Waals surface area contributed by atoms with Crippen molar-refractivity contribution in [3.8, 4) is 0 Å². The first kappa shape index (κ1) is 39.6. The van der Waals surface area contributed by atoms with Gasteiger partial charge < -0.3 is 15.1 Å². The molecule has 0 unspecified atom stereocenters. The number of thioether (sulfide) groups is 1. The zero-order valence-electron chi connectivity index (χ0n) is 30.6. The van der Waals surface area contributed by atoms with Crippen molar-refractivity contribution in [3.05, 3.63) is 136 Å². The van der Waals surface area contributed by atoms with E-state index in [1.807, 2.05) is 67.5 Å². The van der Waals surface area contributed by atoms with Gasteiger partial charge in [-0.2, -0.15) is 0 Å². The fourth-order valence-corrected chi connectivity index (χ4v) is 8.34. The van der Waals surface area contributed by atoms with Crippen LogP contribution >= 0.6 is 11.8 Å². The van der Waals surface area contributed by atoms with Gasteiger partial charge in [-0.3, -0.25) is 14.9 Å². The topological polar surface area (TPSA) is 125 Å². The van der Waals surface area contributed by atoms with Crippen LogP contribution in [-0.4, -0.2) is 69.7 Å². The molecule has 1 aliphatic heterocycles. The molecule has 4 aromatic carbocycles. The molecule has 280 valence electrons. The zero-order chi connectivity index (χ0) is 37.8. The van der Waals surface area contributed by atoms with Crippen molar-refractivity contribution < 1.29 is 18.1 Å². The number of benzene rings is 4. The maximum Gasteiger partial charge on any atom is 0.293 e. The van der Waals surface area contributed by atoms with Gasteiger partial charge in [-0.1, -0.05) is 60.2 Å². The number of hydrogen-bond acceptors (Lipinski definition) is 9. The minimum atomic E-state index is -4.40. The number of amides is 1. The van der Waals surface area contributed by atoms with Crippen molar-refractivity contribution in [1.82, 2.24) is 9.62 Å². The summed E-state index contributed by atoms with van der Waals surface area (Å²) in [5.41, 5.74) is 3.74. The van der Waals surface area contributed by atoms with Gasteiger partial charge >= 0.3 is 0 Å². The number of piperidine rings is 1. The van der Waals surface area contributed by atoms with Crippen LogP contribution in [0.15, 0.2) is 125 Å². The van der Waals surface area contributed by atoms with Gasteiger partial charge in [-0.15, -0.1) is 11.8 Å². The third kappa shape index (κ3) is 11.9. The largest absolute Gasteiger partial charge is 0.376 e. The molecular weight excluding hydrogens is 707 g/mol. The first-order chi connectivity index (χ1) is 25.5. The van der Waals surface area contributed by atoms with Crippen LogP contribution in [0.3, 0.4) is 0 Å². The molecule has 53 heavy (non-hydrogen) atoms. The Kier molecular flexibility index (Phi) is 14.1. The van der Waals surface area contributed by atoms with E-state index < -0.39 is 20.9 Å². The van der Waals surface area contributed by atoms with Crippen LogP contribution in [0.2, 0.25) is 0 Å². The van der Waals surface area contributed by atoms with E-state index in [1.54, 1.807) is 23.9 Å². The summed E-state index contributed by atoms with van der Waals surface area (Å²) in [6.07, 6.45) is 7.29. The molecule has 1 amide bonds. The van der Waals surface area contributed by atoms with E-state index >= 15 is 0 Å². The second-order valence-electron chi connectivity index (χ2n) is 13.8. The molecule has 2 N–H and O–H groups in total. The Morgan fingerprint density at radius 1 is 0.981 bits per heavy atom. The Morgan fingerprint density at radius 3 is 2.28 bits per heavy atom. The smallest absolute Gasteiger partial charge is 0.293 e. The van der Waals surface area contributed by atoms with Gasteiger partial charge in [0.2, 0.25) is 0 Å². The lowest BCUT2D eigenvalue weighted by Gasteiger charge is -2.33. The minimum absolute atomic E-state index is 0.131. The summed E-state index contributed by atoms with van der Waals surface area (Å²) in [4.78, 5) is 29.7. The van der Waals surface area contributed by atoms with E-state index in [4.69, 9.17) is 0 Å². The Labute approximate surface area is 317 Å². The number of nitro benzene ring substituents is 1. The molecule has 1 aliphatic rings. The predicted octanol–water partition coefficient (Wildman–Crippen LogP) is 8.03. The summed E-state index contributed by atoms with van der Waals surface area (Å²) in [6.45, 7) is 4.74. The number of carbonyl (C=O) groups is 1. The highest BCUT2D eigenvalue weighted by Gasteiger charge is 2.26. The van der Waals surface area contributed by atoms with Crippen LogP contribution in [0.4, 0.5) is 17.1 Å². The van der Waals surface area contributed by atoms with Gasteiger partial charge in [-0.25, -0.2) is 13.1 Å². The molecule has 1 atom stereocenters. The third-order valence-corrected chi connectivity index (χ3v) is 11.9. The van der Waals surface area contributed by atoms with Crippen LogP contribution in [0.25, 0.3) is 0 Å². The number of allylic oxidation sites excluding steroid dienone is 2. The van der Waals surface area contributed by atoms with Crippen molar-refractivity contribution in [3.63, 3.8) is 0 Å². The molecule has 0 aromatic heterocycles. The molecular formula is C41H49N5O5S2. The summed E-state index contributed by atoms with van der Waals surface area (Å²) in [5, 5.41) is 15.4. The number of anilines is 2. The Bertz CT molecular complexity index is 1950. The third-order valence-electron chi connectivity index (χ3n) is 9.39. The van der Waals surface area contributed by atoms with Crippen LogP contribution in [-0.2, 0) is 16.4 Å². The van der Waals surface area contributed by atoms with Crippen molar-refractivity contribution in [2.75, 3.05) is 49.7 Å². The average molecular weight is 756 g/mol. The lowest BCUT2D eigenvalue weighted by molar-refractivity contribution is -0.384. The van der Waals surface area contributed by atoms with E-state index in [0.717, 1.165) is 62.0 Å². The first-order valence-electron chi connectivity index (χ1n) is 18.0. The molecule has 4 aromatic rings. The number of nitrogens with zero attached hydrogens (tertiary/aromatic N) is 3. The fraction of sp³-hybridized carbons (Fsp3) is 0.341. The Hall–Kier alpha value is -4.65. The van der Waals surface area contributed by atoms with Gasteiger partial charge in [0.25, 0.3) is 21.6 Å². The lowest BCUT2D eigenvalue weighted by Crippen LogP contribution is -2.33. The second kappa shape index (κ2) is 18.9. The van der Waals surface area contributed by atoms with Crippen LogP contribution < -0.4 is 14.9 Å². The number of rotatable bonds is 17.